The second-order valence-electron chi connectivity index (χ2n) is 3.72. The first kappa shape index (κ1) is 10.6. The zero-order valence-electron chi connectivity index (χ0n) is 8.62. The highest BCUT2D eigenvalue weighted by Crippen LogP contribution is 2.19. The van der Waals surface area contributed by atoms with Gasteiger partial charge >= 0.3 is 0 Å². The van der Waals surface area contributed by atoms with Crippen molar-refractivity contribution < 1.29 is 4.74 Å². The summed E-state index contributed by atoms with van der Waals surface area (Å²) in [5.41, 5.74) is 0. The van der Waals surface area contributed by atoms with Gasteiger partial charge in [-0.3, -0.25) is 4.90 Å². The Hall–Kier alpha value is -0.520. The van der Waals surface area contributed by atoms with E-state index >= 15 is 0 Å². The number of terminal acetylenes is 1. The number of piperidine rings is 1. The summed E-state index contributed by atoms with van der Waals surface area (Å²) in [6, 6.07) is 0.618. The molecule has 1 aliphatic rings. The smallest absolute Gasteiger partial charge is 0.0598 e. The highest BCUT2D eigenvalue weighted by molar-refractivity contribution is 4.87. The number of rotatable bonds is 3. The van der Waals surface area contributed by atoms with Crippen LogP contribution in [0.1, 0.15) is 26.2 Å². The Labute approximate surface area is 81.3 Å². The first-order chi connectivity index (χ1) is 6.27. The lowest BCUT2D eigenvalue weighted by molar-refractivity contribution is 0.0169. The predicted molar refractivity (Wildman–Crippen MR) is 54.5 cm³/mol. The van der Waals surface area contributed by atoms with E-state index in [2.05, 4.69) is 17.7 Å². The summed E-state index contributed by atoms with van der Waals surface area (Å²) in [7, 11) is 1.80. The molecule has 0 aromatic heterocycles. The van der Waals surface area contributed by atoms with E-state index in [4.69, 9.17) is 11.2 Å². The third-order valence-electron chi connectivity index (χ3n) is 2.84. The topological polar surface area (TPSA) is 12.5 Å². The minimum absolute atomic E-state index is 0.456. The van der Waals surface area contributed by atoms with Crippen molar-refractivity contribution >= 4 is 0 Å². The van der Waals surface area contributed by atoms with Gasteiger partial charge in [0.05, 0.1) is 6.10 Å². The van der Waals surface area contributed by atoms with Crippen molar-refractivity contribution in [3.05, 3.63) is 0 Å². The monoisotopic (exact) mass is 181 g/mol. The number of methoxy groups -OCH3 is 1. The minimum atomic E-state index is 0.456. The van der Waals surface area contributed by atoms with Gasteiger partial charge in [-0.05, 0) is 19.8 Å². The second kappa shape index (κ2) is 5.26. The molecule has 0 aromatic carbocycles. The molecule has 74 valence electrons. The normalized spacial score (nSPS) is 29.9. The molecule has 13 heavy (non-hydrogen) atoms. The molecule has 1 rings (SSSR count). The predicted octanol–water partition coefficient (Wildman–Crippen LogP) is 1.51. The van der Waals surface area contributed by atoms with E-state index in [-0.39, 0.29) is 0 Å². The van der Waals surface area contributed by atoms with Gasteiger partial charge in [0.2, 0.25) is 0 Å². The molecule has 0 spiro atoms. The van der Waals surface area contributed by atoms with E-state index in [1.54, 1.807) is 7.11 Å². The van der Waals surface area contributed by atoms with Crippen molar-refractivity contribution in [3.8, 4) is 12.3 Å². The molecule has 2 unspecified atom stereocenters. The largest absolute Gasteiger partial charge is 0.381 e. The van der Waals surface area contributed by atoms with Crippen LogP contribution in [0, 0.1) is 12.3 Å². The molecular formula is C11H19NO. The quantitative estimate of drug-likeness (QED) is 0.612. The molecular weight excluding hydrogens is 162 g/mol. The van der Waals surface area contributed by atoms with Crippen molar-refractivity contribution in [2.45, 2.75) is 38.3 Å². The zero-order valence-corrected chi connectivity index (χ0v) is 8.62. The van der Waals surface area contributed by atoms with Gasteiger partial charge < -0.3 is 4.74 Å². The van der Waals surface area contributed by atoms with Crippen molar-refractivity contribution in [2.24, 2.45) is 0 Å². The first-order valence-electron chi connectivity index (χ1n) is 4.98. The fourth-order valence-electron chi connectivity index (χ4n) is 1.93. The molecule has 0 aliphatic carbocycles. The fourth-order valence-corrected chi connectivity index (χ4v) is 1.93. The van der Waals surface area contributed by atoms with Gasteiger partial charge in [0.1, 0.15) is 0 Å². The Morgan fingerprint density at radius 1 is 1.62 bits per heavy atom. The molecule has 0 N–H and O–H groups in total. The van der Waals surface area contributed by atoms with E-state index < -0.39 is 0 Å². The van der Waals surface area contributed by atoms with Crippen LogP contribution in [0.15, 0.2) is 0 Å². The molecule has 0 radical (unpaired) electrons. The Balaban J connectivity index is 2.31. The molecule has 0 aromatic rings. The van der Waals surface area contributed by atoms with E-state index in [0.717, 1.165) is 32.4 Å². The first-order valence-corrected chi connectivity index (χ1v) is 4.98. The van der Waals surface area contributed by atoms with Crippen molar-refractivity contribution in [1.29, 1.82) is 0 Å². The molecule has 1 heterocycles. The van der Waals surface area contributed by atoms with Gasteiger partial charge in [0, 0.05) is 32.7 Å². The molecule has 1 aliphatic heterocycles. The molecule has 0 saturated carbocycles. The van der Waals surface area contributed by atoms with Crippen LogP contribution >= 0.6 is 0 Å². The van der Waals surface area contributed by atoms with Gasteiger partial charge in [-0.15, -0.1) is 12.3 Å². The summed E-state index contributed by atoms with van der Waals surface area (Å²) < 4.78 is 5.35. The summed E-state index contributed by atoms with van der Waals surface area (Å²) in [6.07, 6.45) is 8.85. The lowest BCUT2D eigenvalue weighted by Gasteiger charge is -2.36. The van der Waals surface area contributed by atoms with E-state index in [1.165, 1.54) is 0 Å². The van der Waals surface area contributed by atoms with Crippen molar-refractivity contribution in [3.63, 3.8) is 0 Å². The Morgan fingerprint density at radius 3 is 2.92 bits per heavy atom. The van der Waals surface area contributed by atoms with Crippen LogP contribution in [0.3, 0.4) is 0 Å². The maximum Gasteiger partial charge on any atom is 0.0598 e. The number of likely N-dealkylation sites (tertiary alicyclic amines) is 1. The summed E-state index contributed by atoms with van der Waals surface area (Å²) >= 11 is 0. The van der Waals surface area contributed by atoms with Gasteiger partial charge in [-0.2, -0.15) is 0 Å². The Bertz CT molecular complexity index is 185. The summed E-state index contributed by atoms with van der Waals surface area (Å²) in [6.45, 7) is 4.41. The summed E-state index contributed by atoms with van der Waals surface area (Å²) in [5, 5.41) is 0. The average Bonchev–Trinajstić information content (AvgIpc) is 2.16. The van der Waals surface area contributed by atoms with Gasteiger partial charge in [0.15, 0.2) is 0 Å². The average molecular weight is 181 g/mol. The zero-order chi connectivity index (χ0) is 9.68. The number of hydrogen-bond donors (Lipinski definition) is 0. The molecule has 1 saturated heterocycles. The lowest BCUT2D eigenvalue weighted by Crippen LogP contribution is -2.43. The highest BCUT2D eigenvalue weighted by Gasteiger charge is 2.24. The van der Waals surface area contributed by atoms with Crippen LogP contribution in [-0.4, -0.2) is 37.2 Å². The number of ether oxygens (including phenoxy) is 1. The highest BCUT2D eigenvalue weighted by atomic mass is 16.5. The lowest BCUT2D eigenvalue weighted by atomic mass is 10.0. The third kappa shape index (κ3) is 3.02. The van der Waals surface area contributed by atoms with Crippen molar-refractivity contribution in [2.75, 3.05) is 20.2 Å². The molecule has 0 bridgehead atoms. The van der Waals surface area contributed by atoms with E-state index in [0.29, 0.717) is 12.1 Å². The molecule has 0 amide bonds. The Kier molecular flexibility index (Phi) is 4.27. The van der Waals surface area contributed by atoms with Gasteiger partial charge in [-0.1, -0.05) is 0 Å². The van der Waals surface area contributed by atoms with Gasteiger partial charge in [-0.25, -0.2) is 0 Å². The fraction of sp³-hybridized carbons (Fsp3) is 0.818. The minimum Gasteiger partial charge on any atom is -0.381 e. The standard InChI is InChI=1S/C11H19NO/c1-4-5-7-12-8-6-11(13-3)9-10(12)2/h1,10-11H,5-9H2,2-3H3. The third-order valence-corrected chi connectivity index (χ3v) is 2.84. The maximum absolute atomic E-state index is 5.35. The van der Waals surface area contributed by atoms with Gasteiger partial charge in [0.25, 0.3) is 0 Å². The molecule has 1 fully saturated rings. The van der Waals surface area contributed by atoms with Crippen LogP contribution in [0.2, 0.25) is 0 Å². The van der Waals surface area contributed by atoms with E-state index in [1.807, 2.05) is 0 Å². The Morgan fingerprint density at radius 2 is 2.38 bits per heavy atom. The van der Waals surface area contributed by atoms with Crippen molar-refractivity contribution in [1.82, 2.24) is 4.90 Å². The van der Waals surface area contributed by atoms with Crippen LogP contribution in [0.4, 0.5) is 0 Å². The summed E-state index contributed by atoms with van der Waals surface area (Å²) in [5.74, 6) is 2.69. The molecule has 2 atom stereocenters. The summed E-state index contributed by atoms with van der Waals surface area (Å²) in [4.78, 5) is 2.45. The van der Waals surface area contributed by atoms with Crippen LogP contribution in [0.5, 0.6) is 0 Å². The van der Waals surface area contributed by atoms with Crippen LogP contribution in [0.25, 0.3) is 0 Å². The van der Waals surface area contributed by atoms with Crippen LogP contribution < -0.4 is 0 Å². The second-order valence-corrected chi connectivity index (χ2v) is 3.72. The number of hydrogen-bond acceptors (Lipinski definition) is 2. The molecule has 2 heteroatoms. The van der Waals surface area contributed by atoms with Crippen LogP contribution in [-0.2, 0) is 4.74 Å². The number of nitrogens with zero attached hydrogens (tertiary/aromatic N) is 1. The van der Waals surface area contributed by atoms with E-state index in [9.17, 15) is 0 Å². The molecule has 2 nitrogen and oxygen atoms in total. The SMILES string of the molecule is C#CCCN1CCC(OC)CC1C. The maximum atomic E-state index is 5.35.